The van der Waals surface area contributed by atoms with Gasteiger partial charge in [-0.05, 0) is 0 Å². The Labute approximate surface area is 47.5 Å². The van der Waals surface area contributed by atoms with E-state index in [0.717, 1.165) is 6.54 Å². The standard InChI is InChI=1S/C4H6N.Ru/c1-2-4-5-3-1;/h1-3H2;. The van der Waals surface area contributed by atoms with E-state index < -0.39 is 0 Å². The molecular formula is C4H6NRu. The third-order valence-corrected chi connectivity index (χ3v) is 1.52. The first-order chi connectivity index (χ1) is 2.89. The van der Waals surface area contributed by atoms with Crippen LogP contribution in [0.2, 0.25) is 0 Å². The van der Waals surface area contributed by atoms with Gasteiger partial charge in [0.2, 0.25) is 0 Å². The van der Waals surface area contributed by atoms with Crippen molar-refractivity contribution in [2.45, 2.75) is 12.8 Å². The summed E-state index contributed by atoms with van der Waals surface area (Å²) in [7, 11) is 0. The maximum atomic E-state index is 4.12. The van der Waals surface area contributed by atoms with Crippen molar-refractivity contribution in [3.8, 4) is 0 Å². The van der Waals surface area contributed by atoms with Crippen molar-refractivity contribution >= 4 is 4.31 Å². The molecule has 2 heteroatoms. The fourth-order valence-corrected chi connectivity index (χ4v) is 0.999. The first-order valence-electron chi connectivity index (χ1n) is 2.07. The van der Waals surface area contributed by atoms with Crippen molar-refractivity contribution in [3.63, 3.8) is 0 Å². The quantitative estimate of drug-likeness (QED) is 0.474. The molecule has 0 atom stereocenters. The van der Waals surface area contributed by atoms with Gasteiger partial charge in [0.1, 0.15) is 0 Å². The SMILES string of the molecule is [Ru][C]1=NCCC1. The molecular weight excluding hydrogens is 163 g/mol. The van der Waals surface area contributed by atoms with Gasteiger partial charge in [0.15, 0.2) is 0 Å². The summed E-state index contributed by atoms with van der Waals surface area (Å²) in [5, 5.41) is 0. The van der Waals surface area contributed by atoms with Crippen molar-refractivity contribution in [3.05, 3.63) is 0 Å². The third kappa shape index (κ3) is 0.875. The Bertz CT molecular complexity index is 77.6. The second-order valence-corrected chi connectivity index (χ2v) is 2.35. The molecule has 0 aliphatic carbocycles. The topological polar surface area (TPSA) is 12.4 Å². The molecule has 0 aromatic carbocycles. The molecule has 6 heavy (non-hydrogen) atoms. The van der Waals surface area contributed by atoms with Crippen LogP contribution in [-0.4, -0.2) is 10.9 Å². The molecule has 0 saturated heterocycles. The van der Waals surface area contributed by atoms with Gasteiger partial charge in [-0.25, -0.2) is 0 Å². The van der Waals surface area contributed by atoms with Gasteiger partial charge in [0.05, 0.1) is 0 Å². The maximum absolute atomic E-state index is 4.12. The molecule has 0 amide bonds. The van der Waals surface area contributed by atoms with Crippen LogP contribution in [0.15, 0.2) is 4.99 Å². The average Bonchev–Trinajstić information content (AvgIpc) is 1.86. The Hall–Kier alpha value is 0.293. The summed E-state index contributed by atoms with van der Waals surface area (Å²) in [4.78, 5) is 4.12. The molecule has 1 aliphatic rings. The van der Waals surface area contributed by atoms with Crippen molar-refractivity contribution in [2.24, 2.45) is 4.99 Å². The van der Waals surface area contributed by atoms with Gasteiger partial charge in [0.25, 0.3) is 0 Å². The molecule has 1 heterocycles. The van der Waals surface area contributed by atoms with E-state index in [1.807, 2.05) is 0 Å². The molecule has 0 saturated carbocycles. The van der Waals surface area contributed by atoms with E-state index >= 15 is 0 Å². The third-order valence-electron chi connectivity index (χ3n) is 0.815. The van der Waals surface area contributed by atoms with Crippen LogP contribution < -0.4 is 0 Å². The van der Waals surface area contributed by atoms with Crippen molar-refractivity contribution < 1.29 is 18.3 Å². The second-order valence-electron chi connectivity index (χ2n) is 1.35. The van der Waals surface area contributed by atoms with Crippen LogP contribution in [-0.2, 0) is 18.3 Å². The van der Waals surface area contributed by atoms with E-state index in [-0.39, 0.29) is 0 Å². The Morgan fingerprint density at radius 3 is 2.67 bits per heavy atom. The summed E-state index contributed by atoms with van der Waals surface area (Å²) in [5.41, 5.74) is 0. The Morgan fingerprint density at radius 2 is 2.50 bits per heavy atom. The Balaban J connectivity index is 2.45. The summed E-state index contributed by atoms with van der Waals surface area (Å²) < 4.78 is 1.26. The van der Waals surface area contributed by atoms with Gasteiger partial charge in [-0.15, -0.1) is 0 Å². The average molecular weight is 169 g/mol. The zero-order chi connectivity index (χ0) is 4.41. The molecule has 1 rings (SSSR count). The normalized spacial score (nSPS) is 21.2. The number of nitrogens with zero attached hydrogens (tertiary/aromatic N) is 1. The first-order valence-corrected chi connectivity index (χ1v) is 2.94. The number of aliphatic imine (C=N–C) groups is 1. The summed E-state index contributed by atoms with van der Waals surface area (Å²) in [6.07, 6.45) is 2.47. The van der Waals surface area contributed by atoms with Gasteiger partial charge < -0.3 is 0 Å². The molecule has 1 nitrogen and oxygen atoms in total. The molecule has 0 N–H and O–H groups in total. The molecule has 35 valence electrons. The zero-order valence-electron chi connectivity index (χ0n) is 3.42. The number of hydrogen-bond acceptors (Lipinski definition) is 1. The predicted octanol–water partition coefficient (Wildman–Crippen LogP) is 0.726. The minimum atomic E-state index is 1.06. The van der Waals surface area contributed by atoms with E-state index in [2.05, 4.69) is 23.3 Å². The fraction of sp³-hybridized carbons (Fsp3) is 0.750. The Morgan fingerprint density at radius 1 is 1.67 bits per heavy atom. The summed E-state index contributed by atoms with van der Waals surface area (Å²) in [6, 6.07) is 0. The molecule has 0 bridgehead atoms. The van der Waals surface area contributed by atoms with Crippen molar-refractivity contribution in [2.75, 3.05) is 6.54 Å². The first kappa shape index (κ1) is 4.45. The molecule has 0 fully saturated rings. The molecule has 0 spiro atoms. The van der Waals surface area contributed by atoms with Crippen LogP contribution in [0.5, 0.6) is 0 Å². The van der Waals surface area contributed by atoms with Crippen LogP contribution in [0, 0.1) is 0 Å². The molecule has 1 aliphatic heterocycles. The van der Waals surface area contributed by atoms with Crippen LogP contribution >= 0.6 is 0 Å². The summed E-state index contributed by atoms with van der Waals surface area (Å²) in [6.45, 7) is 1.06. The van der Waals surface area contributed by atoms with Gasteiger partial charge in [-0.2, -0.15) is 0 Å². The molecule has 0 unspecified atom stereocenters. The fourth-order valence-electron chi connectivity index (χ4n) is 0.497. The minimum absolute atomic E-state index is 1.06. The van der Waals surface area contributed by atoms with Crippen molar-refractivity contribution in [1.29, 1.82) is 0 Å². The number of rotatable bonds is 0. The van der Waals surface area contributed by atoms with Crippen LogP contribution in [0.4, 0.5) is 0 Å². The number of hydrogen-bond donors (Lipinski definition) is 0. The monoisotopic (exact) mass is 170 g/mol. The van der Waals surface area contributed by atoms with Gasteiger partial charge in [-0.3, -0.25) is 0 Å². The zero-order valence-corrected chi connectivity index (χ0v) is 5.16. The van der Waals surface area contributed by atoms with Crippen LogP contribution in [0.3, 0.4) is 0 Å². The predicted molar refractivity (Wildman–Crippen MR) is 21.5 cm³/mol. The van der Waals surface area contributed by atoms with Gasteiger partial charge >= 0.3 is 47.0 Å². The second kappa shape index (κ2) is 1.83. The summed E-state index contributed by atoms with van der Waals surface area (Å²) in [5.74, 6) is 0. The molecule has 0 aromatic heterocycles. The van der Waals surface area contributed by atoms with Crippen LogP contribution in [0.25, 0.3) is 0 Å². The van der Waals surface area contributed by atoms with Gasteiger partial charge in [0, 0.05) is 0 Å². The van der Waals surface area contributed by atoms with Crippen LogP contribution in [0.1, 0.15) is 12.8 Å². The summed E-state index contributed by atoms with van der Waals surface area (Å²) >= 11 is 2.54. The van der Waals surface area contributed by atoms with E-state index in [4.69, 9.17) is 0 Å². The van der Waals surface area contributed by atoms with E-state index in [1.54, 1.807) is 0 Å². The molecule has 0 radical (unpaired) electrons. The Kier molecular flexibility index (Phi) is 1.36. The van der Waals surface area contributed by atoms with E-state index in [9.17, 15) is 0 Å². The van der Waals surface area contributed by atoms with Crippen molar-refractivity contribution in [1.82, 2.24) is 0 Å². The van der Waals surface area contributed by atoms with E-state index in [1.165, 1.54) is 17.1 Å². The van der Waals surface area contributed by atoms with E-state index in [0.29, 0.717) is 0 Å². The molecule has 0 aromatic rings. The van der Waals surface area contributed by atoms with Gasteiger partial charge in [-0.1, -0.05) is 0 Å².